The van der Waals surface area contributed by atoms with E-state index in [1.54, 1.807) is 12.1 Å². The van der Waals surface area contributed by atoms with E-state index in [2.05, 4.69) is 28.1 Å². The van der Waals surface area contributed by atoms with Gasteiger partial charge in [0.05, 0.1) is 0 Å². The molecule has 0 N–H and O–H groups in total. The topological polar surface area (TPSA) is 34.1 Å². The van der Waals surface area contributed by atoms with Crippen LogP contribution in [0.1, 0.15) is 20.7 Å². The Bertz CT molecular complexity index is 853. The molecule has 23 heavy (non-hydrogen) atoms. The van der Waals surface area contributed by atoms with Gasteiger partial charge in [-0.2, -0.15) is 0 Å². The van der Waals surface area contributed by atoms with E-state index in [0.717, 1.165) is 34.8 Å². The first-order valence-electron chi connectivity index (χ1n) is 7.12. The number of rotatable bonds is 4. The average Bonchev–Trinajstić information content (AvgIpc) is 2.62. The fourth-order valence-electron chi connectivity index (χ4n) is 2.52. The maximum absolute atomic E-state index is 11.3. The maximum atomic E-state index is 11.3. The zero-order valence-electron chi connectivity index (χ0n) is 12.2. The molecular weight excluding hydrogens is 352 g/mol. The van der Waals surface area contributed by atoms with Crippen LogP contribution in [0.3, 0.4) is 0 Å². The van der Waals surface area contributed by atoms with E-state index in [1.807, 2.05) is 42.5 Å². The molecule has 0 spiro atoms. The summed E-state index contributed by atoms with van der Waals surface area (Å²) < 4.78 is 0.624. The van der Waals surface area contributed by atoms with E-state index in [4.69, 9.17) is 0 Å². The van der Waals surface area contributed by atoms with Gasteiger partial charge in [-0.25, -0.2) is 0 Å². The van der Waals surface area contributed by atoms with Gasteiger partial charge in [-0.3, -0.25) is 9.59 Å². The van der Waals surface area contributed by atoms with Gasteiger partial charge in [-0.1, -0.05) is 70.5 Å². The summed E-state index contributed by atoms with van der Waals surface area (Å²) in [5, 5.41) is 0. The average molecular weight is 365 g/mol. The number of aldehydes is 2. The Kier molecular flexibility index (Phi) is 4.49. The predicted octanol–water partition coefficient (Wildman–Crippen LogP) is 5.41. The summed E-state index contributed by atoms with van der Waals surface area (Å²) in [7, 11) is 0. The third kappa shape index (κ3) is 3.15. The number of carbonyl (C=O) groups is 2. The Morgan fingerprint density at radius 3 is 1.83 bits per heavy atom. The van der Waals surface area contributed by atoms with Crippen LogP contribution in [-0.4, -0.2) is 12.6 Å². The Balaban J connectivity index is 2.06. The zero-order chi connectivity index (χ0) is 16.2. The zero-order valence-corrected chi connectivity index (χ0v) is 13.8. The molecule has 2 nitrogen and oxygen atoms in total. The van der Waals surface area contributed by atoms with E-state index in [-0.39, 0.29) is 0 Å². The molecule has 0 unspecified atom stereocenters. The molecule has 0 aromatic heterocycles. The van der Waals surface area contributed by atoms with Crippen LogP contribution in [0.4, 0.5) is 0 Å². The second-order valence-corrected chi connectivity index (χ2v) is 5.99. The van der Waals surface area contributed by atoms with Crippen molar-refractivity contribution in [3.63, 3.8) is 0 Å². The normalized spacial score (nSPS) is 10.3. The number of halogens is 1. The molecule has 0 saturated carbocycles. The third-order valence-electron chi connectivity index (χ3n) is 3.73. The molecule has 0 saturated heterocycles. The summed E-state index contributed by atoms with van der Waals surface area (Å²) >= 11 is 3.31. The van der Waals surface area contributed by atoms with Crippen molar-refractivity contribution in [1.29, 1.82) is 0 Å². The smallest absolute Gasteiger partial charge is 0.151 e. The molecule has 3 aromatic carbocycles. The van der Waals surface area contributed by atoms with Crippen molar-refractivity contribution in [2.24, 2.45) is 0 Å². The fraction of sp³-hybridized carbons (Fsp3) is 0. The van der Waals surface area contributed by atoms with Gasteiger partial charge in [0.1, 0.15) is 0 Å². The van der Waals surface area contributed by atoms with Gasteiger partial charge < -0.3 is 0 Å². The molecule has 3 aromatic rings. The lowest BCUT2D eigenvalue weighted by Crippen LogP contribution is -1.92. The van der Waals surface area contributed by atoms with E-state index in [0.29, 0.717) is 15.6 Å². The minimum Gasteiger partial charge on any atom is -0.298 e. The van der Waals surface area contributed by atoms with Gasteiger partial charge in [0.15, 0.2) is 12.6 Å². The Labute approximate surface area is 142 Å². The van der Waals surface area contributed by atoms with Crippen LogP contribution in [0.25, 0.3) is 22.3 Å². The molecule has 0 atom stereocenters. The first-order valence-corrected chi connectivity index (χ1v) is 7.92. The molecule has 0 aliphatic rings. The molecular formula is C20H13BrO2. The number of carbonyl (C=O) groups excluding carboxylic acids is 2. The highest BCUT2D eigenvalue weighted by molar-refractivity contribution is 9.10. The highest BCUT2D eigenvalue weighted by atomic mass is 79.9. The molecule has 0 aliphatic carbocycles. The van der Waals surface area contributed by atoms with Gasteiger partial charge in [-0.05, 0) is 34.4 Å². The predicted molar refractivity (Wildman–Crippen MR) is 95.8 cm³/mol. The summed E-state index contributed by atoms with van der Waals surface area (Å²) in [4.78, 5) is 22.5. The minimum absolute atomic E-state index is 0.526. The van der Waals surface area contributed by atoms with Gasteiger partial charge in [-0.15, -0.1) is 0 Å². The SMILES string of the molecule is O=Cc1cc(-c2ccc(-c3ccccc3)cc2)c(C=O)cc1Br. The number of hydrogen-bond acceptors (Lipinski definition) is 2. The van der Waals surface area contributed by atoms with Crippen LogP contribution < -0.4 is 0 Å². The standard InChI is InChI=1S/C20H13BrO2/c21-20-11-17(12-22)19(10-18(20)13-23)16-8-6-15(7-9-16)14-4-2-1-3-5-14/h1-13H. The van der Waals surface area contributed by atoms with Gasteiger partial charge in [0, 0.05) is 15.6 Å². The summed E-state index contributed by atoms with van der Waals surface area (Å²) in [5.74, 6) is 0. The van der Waals surface area contributed by atoms with Crippen LogP contribution in [0.5, 0.6) is 0 Å². The summed E-state index contributed by atoms with van der Waals surface area (Å²) in [5.41, 5.74) is 4.98. The molecule has 0 heterocycles. The Hall–Kier alpha value is -2.52. The quantitative estimate of drug-likeness (QED) is 0.580. The number of hydrogen-bond donors (Lipinski definition) is 0. The van der Waals surface area contributed by atoms with Crippen molar-refractivity contribution in [3.8, 4) is 22.3 Å². The van der Waals surface area contributed by atoms with Crippen molar-refractivity contribution >= 4 is 28.5 Å². The summed E-state index contributed by atoms with van der Waals surface area (Å²) in [6.45, 7) is 0. The van der Waals surface area contributed by atoms with E-state index < -0.39 is 0 Å². The second-order valence-electron chi connectivity index (χ2n) is 5.14. The van der Waals surface area contributed by atoms with Crippen LogP contribution in [0, 0.1) is 0 Å². The minimum atomic E-state index is 0.526. The van der Waals surface area contributed by atoms with Crippen LogP contribution in [0.15, 0.2) is 71.2 Å². The molecule has 0 amide bonds. The van der Waals surface area contributed by atoms with Crippen molar-refractivity contribution < 1.29 is 9.59 Å². The molecule has 0 aliphatic heterocycles. The second kappa shape index (κ2) is 6.71. The van der Waals surface area contributed by atoms with Gasteiger partial charge >= 0.3 is 0 Å². The molecule has 0 radical (unpaired) electrons. The highest BCUT2D eigenvalue weighted by Gasteiger charge is 2.10. The van der Waals surface area contributed by atoms with Crippen molar-refractivity contribution in [3.05, 3.63) is 82.3 Å². The van der Waals surface area contributed by atoms with Crippen molar-refractivity contribution in [2.75, 3.05) is 0 Å². The molecule has 0 bridgehead atoms. The summed E-state index contributed by atoms with van der Waals surface area (Å²) in [6.07, 6.45) is 1.58. The fourth-order valence-corrected chi connectivity index (χ4v) is 2.97. The first kappa shape index (κ1) is 15.4. The van der Waals surface area contributed by atoms with E-state index >= 15 is 0 Å². The Morgan fingerprint density at radius 1 is 0.652 bits per heavy atom. The van der Waals surface area contributed by atoms with Gasteiger partial charge in [0.25, 0.3) is 0 Å². The number of benzene rings is 3. The Morgan fingerprint density at radius 2 is 1.22 bits per heavy atom. The first-order chi connectivity index (χ1) is 11.2. The van der Waals surface area contributed by atoms with Crippen molar-refractivity contribution in [2.45, 2.75) is 0 Å². The largest absolute Gasteiger partial charge is 0.298 e. The van der Waals surface area contributed by atoms with Crippen LogP contribution in [0.2, 0.25) is 0 Å². The highest BCUT2D eigenvalue weighted by Crippen LogP contribution is 2.30. The lowest BCUT2D eigenvalue weighted by Gasteiger charge is -2.09. The van der Waals surface area contributed by atoms with Crippen LogP contribution in [-0.2, 0) is 0 Å². The van der Waals surface area contributed by atoms with Gasteiger partial charge in [0.2, 0.25) is 0 Å². The maximum Gasteiger partial charge on any atom is 0.151 e. The monoisotopic (exact) mass is 364 g/mol. The molecule has 112 valence electrons. The van der Waals surface area contributed by atoms with Crippen molar-refractivity contribution in [1.82, 2.24) is 0 Å². The third-order valence-corrected chi connectivity index (χ3v) is 4.41. The molecule has 3 heteroatoms. The molecule has 0 fully saturated rings. The summed E-state index contributed by atoms with van der Waals surface area (Å²) in [6, 6.07) is 21.5. The lowest BCUT2D eigenvalue weighted by atomic mass is 9.96. The van der Waals surface area contributed by atoms with E-state index in [9.17, 15) is 9.59 Å². The van der Waals surface area contributed by atoms with E-state index in [1.165, 1.54) is 0 Å². The molecule has 3 rings (SSSR count). The van der Waals surface area contributed by atoms with Crippen LogP contribution >= 0.6 is 15.9 Å². The lowest BCUT2D eigenvalue weighted by molar-refractivity contribution is 0.111.